The van der Waals surface area contributed by atoms with Crippen molar-refractivity contribution < 1.29 is 4.79 Å². The Bertz CT molecular complexity index is 246. The summed E-state index contributed by atoms with van der Waals surface area (Å²) in [5, 5.41) is 0.985. The van der Waals surface area contributed by atoms with E-state index in [0.717, 1.165) is 5.01 Å². The van der Waals surface area contributed by atoms with E-state index < -0.39 is 0 Å². The van der Waals surface area contributed by atoms with E-state index >= 15 is 0 Å². The molecule has 0 saturated carbocycles. The lowest BCUT2D eigenvalue weighted by Gasteiger charge is -2.07. The van der Waals surface area contributed by atoms with Crippen LogP contribution in [-0.2, 0) is 0 Å². The van der Waals surface area contributed by atoms with Crippen LogP contribution in [-0.4, -0.2) is 27.9 Å². The van der Waals surface area contributed by atoms with E-state index in [-0.39, 0.29) is 5.91 Å². The predicted molar refractivity (Wildman–Crippen MR) is 38.3 cm³/mol. The summed E-state index contributed by atoms with van der Waals surface area (Å²) in [5.74, 6) is 4.90. The van der Waals surface area contributed by atoms with Crippen LogP contribution in [0.1, 0.15) is 10.4 Å². The van der Waals surface area contributed by atoms with E-state index in [1.165, 1.54) is 25.8 Å². The lowest BCUT2D eigenvalue weighted by Crippen LogP contribution is -2.33. The molecule has 1 amide bonds. The molecule has 5 nitrogen and oxygen atoms in total. The normalized spacial score (nSPS) is 9.27. The first kappa shape index (κ1) is 7.62. The van der Waals surface area contributed by atoms with Crippen LogP contribution in [0.25, 0.3) is 0 Å². The fourth-order valence-corrected chi connectivity index (χ4v) is 0.613. The lowest BCUT2D eigenvalue weighted by atomic mass is 10.3. The Morgan fingerprint density at radius 2 is 2.09 bits per heavy atom. The van der Waals surface area contributed by atoms with Crippen molar-refractivity contribution in [3.8, 4) is 0 Å². The van der Waals surface area contributed by atoms with Gasteiger partial charge in [-0.2, -0.15) is 0 Å². The highest BCUT2D eigenvalue weighted by molar-refractivity contribution is 5.92. The smallest absolute Gasteiger partial charge is 0.270 e. The van der Waals surface area contributed by atoms with Gasteiger partial charge in [-0.1, -0.05) is 0 Å². The highest BCUT2D eigenvalue weighted by Crippen LogP contribution is 1.94. The molecule has 1 rings (SSSR count). The molecular weight excluding hydrogens is 144 g/mol. The first-order chi connectivity index (χ1) is 5.22. The first-order valence-corrected chi connectivity index (χ1v) is 2.99. The van der Waals surface area contributed by atoms with Gasteiger partial charge < -0.3 is 0 Å². The molecule has 1 heterocycles. The Kier molecular flexibility index (Phi) is 2.12. The van der Waals surface area contributed by atoms with Gasteiger partial charge in [0, 0.05) is 19.4 Å². The van der Waals surface area contributed by atoms with Gasteiger partial charge in [-0.3, -0.25) is 9.80 Å². The third-order valence-electron chi connectivity index (χ3n) is 1.13. The maximum Gasteiger partial charge on any atom is 0.270 e. The van der Waals surface area contributed by atoms with Gasteiger partial charge >= 0.3 is 0 Å². The van der Waals surface area contributed by atoms with Crippen LogP contribution >= 0.6 is 0 Å². The van der Waals surface area contributed by atoms with Crippen LogP contribution in [0.3, 0.4) is 0 Å². The van der Waals surface area contributed by atoms with Crippen LogP contribution in [0.15, 0.2) is 18.7 Å². The number of rotatable bonds is 1. The second kappa shape index (κ2) is 3.07. The Morgan fingerprint density at radius 1 is 1.55 bits per heavy atom. The van der Waals surface area contributed by atoms with Crippen LogP contribution < -0.4 is 5.84 Å². The average molecular weight is 152 g/mol. The number of hydrogen-bond donors (Lipinski definition) is 1. The molecule has 58 valence electrons. The second-order valence-electron chi connectivity index (χ2n) is 2.04. The summed E-state index contributed by atoms with van der Waals surface area (Å²) < 4.78 is 0. The molecular formula is C6H8N4O. The number of hydrogen-bond acceptors (Lipinski definition) is 4. The molecule has 0 unspecified atom stereocenters. The van der Waals surface area contributed by atoms with Crippen LogP contribution in [0.4, 0.5) is 0 Å². The highest BCUT2D eigenvalue weighted by Gasteiger charge is 2.07. The summed E-state index contributed by atoms with van der Waals surface area (Å²) in [4.78, 5) is 18.4. The van der Waals surface area contributed by atoms with Crippen molar-refractivity contribution in [1.82, 2.24) is 15.0 Å². The van der Waals surface area contributed by atoms with Crippen molar-refractivity contribution in [3.05, 3.63) is 24.3 Å². The summed E-state index contributed by atoms with van der Waals surface area (Å²) >= 11 is 0. The average Bonchev–Trinajstić information content (AvgIpc) is 2.05. The molecule has 0 aliphatic carbocycles. The van der Waals surface area contributed by atoms with Crippen LogP contribution in [0.5, 0.6) is 0 Å². The van der Waals surface area contributed by atoms with Gasteiger partial charge in [-0.05, 0) is 0 Å². The summed E-state index contributed by atoms with van der Waals surface area (Å²) in [6.07, 6.45) is 4.19. The van der Waals surface area contributed by atoms with Gasteiger partial charge in [0.25, 0.3) is 5.91 Å². The summed E-state index contributed by atoms with van der Waals surface area (Å²) in [6, 6.07) is 0. The third-order valence-corrected chi connectivity index (χ3v) is 1.13. The highest BCUT2D eigenvalue weighted by atomic mass is 16.2. The Hall–Kier alpha value is -1.49. The van der Waals surface area contributed by atoms with Gasteiger partial charge in [0.05, 0.1) is 5.56 Å². The van der Waals surface area contributed by atoms with Crippen molar-refractivity contribution in [1.29, 1.82) is 0 Å². The number of amides is 1. The maximum absolute atomic E-state index is 11.1. The topological polar surface area (TPSA) is 72.1 Å². The summed E-state index contributed by atoms with van der Waals surface area (Å²) in [5.41, 5.74) is 0.387. The van der Waals surface area contributed by atoms with E-state index in [9.17, 15) is 4.79 Å². The molecule has 0 radical (unpaired) electrons. The third kappa shape index (κ3) is 1.71. The molecule has 0 aromatic carbocycles. The number of carbonyl (C=O) groups is 1. The number of nitrogens with zero attached hydrogens (tertiary/aromatic N) is 3. The van der Waals surface area contributed by atoms with Crippen LogP contribution in [0.2, 0.25) is 0 Å². The van der Waals surface area contributed by atoms with Gasteiger partial charge in [0.1, 0.15) is 6.33 Å². The van der Waals surface area contributed by atoms with Crippen molar-refractivity contribution in [2.24, 2.45) is 5.84 Å². The fourth-order valence-electron chi connectivity index (χ4n) is 0.613. The van der Waals surface area contributed by atoms with Crippen LogP contribution in [0, 0.1) is 0 Å². The van der Waals surface area contributed by atoms with E-state index in [4.69, 9.17) is 5.84 Å². The minimum atomic E-state index is -0.300. The van der Waals surface area contributed by atoms with Crippen molar-refractivity contribution in [3.63, 3.8) is 0 Å². The zero-order valence-corrected chi connectivity index (χ0v) is 6.06. The van der Waals surface area contributed by atoms with Crippen molar-refractivity contribution in [2.75, 3.05) is 7.05 Å². The fraction of sp³-hybridized carbons (Fsp3) is 0.167. The first-order valence-electron chi connectivity index (χ1n) is 2.99. The molecule has 0 aliphatic heterocycles. The number of carbonyl (C=O) groups excluding carboxylic acids is 1. The molecule has 0 aliphatic rings. The second-order valence-corrected chi connectivity index (χ2v) is 2.04. The van der Waals surface area contributed by atoms with Crippen molar-refractivity contribution >= 4 is 5.91 Å². The van der Waals surface area contributed by atoms with Gasteiger partial charge in [0.15, 0.2) is 0 Å². The molecule has 0 fully saturated rings. The Labute approximate surface area is 63.8 Å². The molecule has 1 aromatic heterocycles. The van der Waals surface area contributed by atoms with E-state index in [1.54, 1.807) is 0 Å². The minimum absolute atomic E-state index is 0.300. The standard InChI is InChI=1S/C6H8N4O/c1-10(7)6(11)5-2-8-4-9-3-5/h2-4H,7H2,1H3. The number of hydrazine groups is 1. The molecule has 0 bridgehead atoms. The van der Waals surface area contributed by atoms with Gasteiger partial charge in [0.2, 0.25) is 0 Å². The number of nitrogens with two attached hydrogens (primary N) is 1. The van der Waals surface area contributed by atoms with E-state index in [2.05, 4.69) is 9.97 Å². The molecule has 5 heteroatoms. The lowest BCUT2D eigenvalue weighted by molar-refractivity contribution is 0.0794. The maximum atomic E-state index is 11.1. The molecule has 1 aromatic rings. The van der Waals surface area contributed by atoms with Gasteiger partial charge in [-0.25, -0.2) is 15.8 Å². The molecule has 0 saturated heterocycles. The Morgan fingerprint density at radius 3 is 2.55 bits per heavy atom. The zero-order chi connectivity index (χ0) is 8.27. The summed E-state index contributed by atoms with van der Waals surface area (Å²) in [6.45, 7) is 0. The molecule has 2 N–H and O–H groups in total. The molecule has 11 heavy (non-hydrogen) atoms. The predicted octanol–water partition coefficient (Wildman–Crippen LogP) is -0.578. The molecule has 0 atom stereocenters. The Balaban J connectivity index is 2.86. The van der Waals surface area contributed by atoms with E-state index in [1.807, 2.05) is 0 Å². The zero-order valence-electron chi connectivity index (χ0n) is 6.06. The van der Waals surface area contributed by atoms with Crippen molar-refractivity contribution in [2.45, 2.75) is 0 Å². The monoisotopic (exact) mass is 152 g/mol. The SMILES string of the molecule is CN(N)C(=O)c1cncnc1. The summed E-state index contributed by atoms with van der Waals surface area (Å²) in [7, 11) is 1.47. The quantitative estimate of drug-likeness (QED) is 0.332. The largest absolute Gasteiger partial charge is 0.280 e. The molecule has 0 spiro atoms. The van der Waals surface area contributed by atoms with E-state index in [0.29, 0.717) is 5.56 Å². The minimum Gasteiger partial charge on any atom is -0.280 e. The number of aromatic nitrogens is 2. The van der Waals surface area contributed by atoms with Gasteiger partial charge in [-0.15, -0.1) is 0 Å².